The molecule has 0 aliphatic rings. The Labute approximate surface area is 99.9 Å². The topological polar surface area (TPSA) is 23.8 Å². The number of benzene rings is 3. The second-order valence-electron chi connectivity index (χ2n) is 4.18. The van der Waals surface area contributed by atoms with E-state index in [9.17, 15) is 0 Å². The molecule has 0 heterocycles. The summed E-state index contributed by atoms with van der Waals surface area (Å²) >= 11 is 0. The van der Waals surface area contributed by atoms with Gasteiger partial charge in [-0.3, -0.25) is 0 Å². The van der Waals surface area contributed by atoms with Crippen LogP contribution in [0.2, 0.25) is 0 Å². The molecular formula is C16H11N. The van der Waals surface area contributed by atoms with Gasteiger partial charge in [-0.25, -0.2) is 0 Å². The molecule has 0 aliphatic carbocycles. The molecule has 3 aromatic rings. The van der Waals surface area contributed by atoms with E-state index in [1.165, 1.54) is 21.5 Å². The molecule has 17 heavy (non-hydrogen) atoms. The average molecular weight is 217 g/mol. The predicted octanol–water partition coefficient (Wildman–Crippen LogP) is 4.06. The smallest absolute Gasteiger partial charge is 0.0669 e. The summed E-state index contributed by atoms with van der Waals surface area (Å²) in [5, 5.41) is 13.7. The van der Waals surface area contributed by atoms with E-state index >= 15 is 0 Å². The van der Waals surface area contributed by atoms with Gasteiger partial charge in [0.1, 0.15) is 0 Å². The normalized spacial score (nSPS) is 10.5. The summed E-state index contributed by atoms with van der Waals surface area (Å²) in [7, 11) is 0. The fraction of sp³-hybridized carbons (Fsp3) is 0.0625. The van der Waals surface area contributed by atoms with E-state index in [4.69, 9.17) is 5.26 Å². The van der Waals surface area contributed by atoms with E-state index in [1.807, 2.05) is 12.1 Å². The third-order valence-corrected chi connectivity index (χ3v) is 3.09. The van der Waals surface area contributed by atoms with Gasteiger partial charge in [0.15, 0.2) is 0 Å². The van der Waals surface area contributed by atoms with Crippen LogP contribution in [0.25, 0.3) is 21.5 Å². The van der Waals surface area contributed by atoms with Crippen molar-refractivity contribution in [2.24, 2.45) is 0 Å². The highest BCUT2D eigenvalue weighted by atomic mass is 14.2. The number of nitriles is 1. The average Bonchev–Trinajstić information content (AvgIpc) is 2.39. The van der Waals surface area contributed by atoms with Crippen LogP contribution in [0.1, 0.15) is 5.56 Å². The molecule has 3 rings (SSSR count). The van der Waals surface area contributed by atoms with Crippen molar-refractivity contribution in [2.45, 2.75) is 6.42 Å². The summed E-state index contributed by atoms with van der Waals surface area (Å²) in [6.07, 6.45) is 0.471. The molecule has 0 amide bonds. The first kappa shape index (κ1) is 9.86. The third-order valence-electron chi connectivity index (χ3n) is 3.09. The lowest BCUT2D eigenvalue weighted by molar-refractivity contribution is 1.27. The van der Waals surface area contributed by atoms with Crippen LogP contribution in [0, 0.1) is 11.3 Å². The Morgan fingerprint density at radius 1 is 0.824 bits per heavy atom. The van der Waals surface area contributed by atoms with Crippen molar-refractivity contribution in [2.75, 3.05) is 0 Å². The first-order chi connectivity index (χ1) is 8.38. The zero-order valence-electron chi connectivity index (χ0n) is 9.35. The lowest BCUT2D eigenvalue weighted by Crippen LogP contribution is -1.83. The molecular weight excluding hydrogens is 206 g/mol. The van der Waals surface area contributed by atoms with Crippen molar-refractivity contribution >= 4 is 21.5 Å². The van der Waals surface area contributed by atoms with Crippen molar-refractivity contribution in [3.63, 3.8) is 0 Å². The van der Waals surface area contributed by atoms with Crippen LogP contribution in [-0.2, 0) is 6.42 Å². The molecule has 0 fully saturated rings. The van der Waals surface area contributed by atoms with E-state index in [2.05, 4.69) is 48.5 Å². The van der Waals surface area contributed by atoms with E-state index in [0.717, 1.165) is 5.56 Å². The lowest BCUT2D eigenvalue weighted by atomic mass is 9.99. The maximum atomic E-state index is 8.76. The number of hydrogen-bond acceptors (Lipinski definition) is 1. The molecule has 80 valence electrons. The Balaban J connectivity index is 2.39. The molecule has 0 aliphatic heterocycles. The highest BCUT2D eigenvalue weighted by Gasteiger charge is 2.01. The SMILES string of the molecule is N#CCc1ccc2ccc3ccccc3c2c1. The molecule has 0 saturated heterocycles. The lowest BCUT2D eigenvalue weighted by Gasteiger charge is -2.05. The number of hydrogen-bond donors (Lipinski definition) is 0. The third kappa shape index (κ3) is 1.64. The molecule has 0 atom stereocenters. The minimum Gasteiger partial charge on any atom is -0.198 e. The van der Waals surface area contributed by atoms with Crippen LogP contribution in [0.3, 0.4) is 0 Å². The first-order valence-electron chi connectivity index (χ1n) is 5.66. The van der Waals surface area contributed by atoms with Gasteiger partial charge in [-0.1, -0.05) is 48.5 Å². The summed E-state index contributed by atoms with van der Waals surface area (Å²) in [5.41, 5.74) is 1.08. The Morgan fingerprint density at radius 3 is 2.35 bits per heavy atom. The maximum absolute atomic E-state index is 8.76. The summed E-state index contributed by atoms with van der Waals surface area (Å²) < 4.78 is 0. The Kier molecular flexibility index (Phi) is 2.27. The van der Waals surface area contributed by atoms with Crippen LogP contribution < -0.4 is 0 Å². The van der Waals surface area contributed by atoms with Crippen molar-refractivity contribution in [3.8, 4) is 6.07 Å². The van der Waals surface area contributed by atoms with E-state index in [0.29, 0.717) is 6.42 Å². The predicted molar refractivity (Wildman–Crippen MR) is 70.8 cm³/mol. The van der Waals surface area contributed by atoms with E-state index < -0.39 is 0 Å². The second-order valence-corrected chi connectivity index (χ2v) is 4.18. The molecule has 1 nitrogen and oxygen atoms in total. The zero-order chi connectivity index (χ0) is 11.7. The molecule has 0 radical (unpaired) electrons. The molecule has 0 spiro atoms. The molecule has 0 unspecified atom stereocenters. The van der Waals surface area contributed by atoms with Crippen molar-refractivity contribution in [1.82, 2.24) is 0 Å². The summed E-state index contributed by atoms with van der Waals surface area (Å²) in [6, 6.07) is 21.1. The molecule has 0 bridgehead atoms. The Bertz CT molecular complexity index is 735. The van der Waals surface area contributed by atoms with Crippen LogP contribution in [0.4, 0.5) is 0 Å². The molecule has 0 saturated carbocycles. The highest BCUT2D eigenvalue weighted by molar-refractivity contribution is 6.07. The van der Waals surface area contributed by atoms with Gasteiger partial charge in [-0.15, -0.1) is 0 Å². The highest BCUT2D eigenvalue weighted by Crippen LogP contribution is 2.26. The second kappa shape index (κ2) is 3.92. The number of rotatable bonds is 1. The van der Waals surface area contributed by atoms with Crippen molar-refractivity contribution < 1.29 is 0 Å². The zero-order valence-corrected chi connectivity index (χ0v) is 9.35. The Morgan fingerprint density at radius 2 is 1.53 bits per heavy atom. The van der Waals surface area contributed by atoms with Crippen molar-refractivity contribution in [1.29, 1.82) is 5.26 Å². The fourth-order valence-corrected chi connectivity index (χ4v) is 2.25. The molecule has 1 heteroatoms. The molecule has 0 N–H and O–H groups in total. The maximum Gasteiger partial charge on any atom is 0.0669 e. The number of nitrogens with zero attached hydrogens (tertiary/aromatic N) is 1. The van der Waals surface area contributed by atoms with Gasteiger partial charge in [0, 0.05) is 0 Å². The van der Waals surface area contributed by atoms with Crippen LogP contribution in [-0.4, -0.2) is 0 Å². The minimum absolute atomic E-state index is 0.471. The minimum atomic E-state index is 0.471. The van der Waals surface area contributed by atoms with Crippen LogP contribution in [0.5, 0.6) is 0 Å². The van der Waals surface area contributed by atoms with Gasteiger partial charge >= 0.3 is 0 Å². The summed E-state index contributed by atoms with van der Waals surface area (Å²) in [4.78, 5) is 0. The van der Waals surface area contributed by atoms with Gasteiger partial charge in [-0.05, 0) is 33.2 Å². The van der Waals surface area contributed by atoms with Gasteiger partial charge in [0.05, 0.1) is 12.5 Å². The van der Waals surface area contributed by atoms with E-state index in [-0.39, 0.29) is 0 Å². The summed E-state index contributed by atoms with van der Waals surface area (Å²) in [5.74, 6) is 0. The van der Waals surface area contributed by atoms with Crippen LogP contribution >= 0.6 is 0 Å². The monoisotopic (exact) mass is 217 g/mol. The largest absolute Gasteiger partial charge is 0.198 e. The standard InChI is InChI=1S/C16H11N/c17-10-9-12-5-6-14-8-7-13-3-1-2-4-15(13)16(14)11-12/h1-8,11H,9H2. The van der Waals surface area contributed by atoms with E-state index in [1.54, 1.807) is 0 Å². The molecule has 3 aromatic carbocycles. The van der Waals surface area contributed by atoms with Gasteiger partial charge < -0.3 is 0 Å². The fourth-order valence-electron chi connectivity index (χ4n) is 2.25. The van der Waals surface area contributed by atoms with Gasteiger partial charge in [0.25, 0.3) is 0 Å². The van der Waals surface area contributed by atoms with Crippen LogP contribution in [0.15, 0.2) is 54.6 Å². The summed E-state index contributed by atoms with van der Waals surface area (Å²) in [6.45, 7) is 0. The number of fused-ring (bicyclic) bond motifs is 3. The van der Waals surface area contributed by atoms with Gasteiger partial charge in [-0.2, -0.15) is 5.26 Å². The quantitative estimate of drug-likeness (QED) is 0.564. The Hall–Kier alpha value is -2.33. The van der Waals surface area contributed by atoms with Crippen molar-refractivity contribution in [3.05, 3.63) is 60.2 Å². The van der Waals surface area contributed by atoms with Gasteiger partial charge in [0.2, 0.25) is 0 Å². The molecule has 0 aromatic heterocycles. The first-order valence-corrected chi connectivity index (χ1v) is 5.66.